The highest BCUT2D eigenvalue weighted by molar-refractivity contribution is 6.34. The monoisotopic (exact) mass is 361 g/mol. The smallest absolute Gasteiger partial charge is 0.277 e. The summed E-state index contributed by atoms with van der Waals surface area (Å²) in [5.41, 5.74) is 4.29. The molecular formula is C17H13Cl2N3O2. The zero-order valence-corrected chi connectivity index (χ0v) is 13.9. The summed E-state index contributed by atoms with van der Waals surface area (Å²) in [6.07, 6.45) is 3.39. The normalized spacial score (nSPS) is 11.1. The summed E-state index contributed by atoms with van der Waals surface area (Å²) in [5, 5.41) is 5.82. The number of aromatic nitrogens is 1. The molecule has 5 nitrogen and oxygen atoms in total. The van der Waals surface area contributed by atoms with Gasteiger partial charge in [-0.1, -0.05) is 41.4 Å². The Hall–Kier alpha value is -2.50. The quantitative estimate of drug-likeness (QED) is 0.532. The number of hydrogen-bond acceptors (Lipinski definition) is 3. The summed E-state index contributed by atoms with van der Waals surface area (Å²) in [7, 11) is 0. The molecule has 24 heavy (non-hydrogen) atoms. The standard InChI is InChI=1S/C17H13Cl2N3O2/c18-12-5-6-14(19)16(7-12)24-10-17(23)22-21-9-11-8-20-15-4-2-1-3-13(11)15/h1-9,20H,10H2,(H,22,23). The maximum absolute atomic E-state index is 11.8. The van der Waals surface area contributed by atoms with E-state index in [9.17, 15) is 4.79 Å². The summed E-state index contributed by atoms with van der Waals surface area (Å²) in [5.74, 6) is -0.0536. The van der Waals surface area contributed by atoms with Crippen molar-refractivity contribution in [3.63, 3.8) is 0 Å². The summed E-state index contributed by atoms with van der Waals surface area (Å²) in [6, 6.07) is 12.6. The molecular weight excluding hydrogens is 349 g/mol. The zero-order chi connectivity index (χ0) is 16.9. The Morgan fingerprint density at radius 3 is 2.96 bits per heavy atom. The SMILES string of the molecule is O=C(COc1cc(Cl)ccc1Cl)NN=Cc1c[nH]c2ccccc12. The van der Waals surface area contributed by atoms with Crippen LogP contribution in [0.5, 0.6) is 5.75 Å². The van der Waals surface area contributed by atoms with Gasteiger partial charge in [0.15, 0.2) is 6.61 Å². The third-order valence-corrected chi connectivity index (χ3v) is 3.81. The molecule has 0 saturated heterocycles. The van der Waals surface area contributed by atoms with E-state index in [4.69, 9.17) is 27.9 Å². The number of para-hydroxylation sites is 1. The van der Waals surface area contributed by atoms with Crippen molar-refractivity contribution in [1.29, 1.82) is 0 Å². The molecule has 3 rings (SSSR count). The topological polar surface area (TPSA) is 66.5 Å². The van der Waals surface area contributed by atoms with Crippen molar-refractivity contribution >= 4 is 46.2 Å². The van der Waals surface area contributed by atoms with E-state index in [1.807, 2.05) is 30.5 Å². The number of halogens is 2. The number of hydrogen-bond donors (Lipinski definition) is 2. The fourth-order valence-electron chi connectivity index (χ4n) is 2.14. The van der Waals surface area contributed by atoms with Gasteiger partial charge < -0.3 is 9.72 Å². The van der Waals surface area contributed by atoms with Gasteiger partial charge in [-0.2, -0.15) is 5.10 Å². The molecule has 122 valence electrons. The average molecular weight is 362 g/mol. The lowest BCUT2D eigenvalue weighted by Gasteiger charge is -2.07. The van der Waals surface area contributed by atoms with Crippen LogP contribution in [0.3, 0.4) is 0 Å². The summed E-state index contributed by atoms with van der Waals surface area (Å²) in [6.45, 7) is -0.217. The highest BCUT2D eigenvalue weighted by Crippen LogP contribution is 2.27. The first-order chi connectivity index (χ1) is 11.6. The number of hydrazone groups is 1. The van der Waals surface area contributed by atoms with Crippen molar-refractivity contribution in [2.45, 2.75) is 0 Å². The number of benzene rings is 2. The van der Waals surface area contributed by atoms with Crippen LogP contribution in [0.25, 0.3) is 10.9 Å². The van der Waals surface area contributed by atoms with E-state index in [2.05, 4.69) is 15.5 Å². The van der Waals surface area contributed by atoms with Crippen LogP contribution in [0.15, 0.2) is 53.8 Å². The van der Waals surface area contributed by atoms with Crippen molar-refractivity contribution in [3.05, 3.63) is 64.3 Å². The molecule has 0 saturated carbocycles. The summed E-state index contributed by atoms with van der Waals surface area (Å²) < 4.78 is 5.33. The largest absolute Gasteiger partial charge is 0.482 e. The first-order valence-corrected chi connectivity index (χ1v) is 7.85. The van der Waals surface area contributed by atoms with Gasteiger partial charge in [-0.05, 0) is 18.2 Å². The molecule has 0 spiro atoms. The first kappa shape index (κ1) is 16.4. The first-order valence-electron chi connectivity index (χ1n) is 7.09. The Morgan fingerprint density at radius 2 is 2.08 bits per heavy atom. The van der Waals surface area contributed by atoms with Gasteiger partial charge in [0, 0.05) is 33.8 Å². The van der Waals surface area contributed by atoms with Gasteiger partial charge in [-0.15, -0.1) is 0 Å². The van der Waals surface area contributed by atoms with Gasteiger partial charge in [-0.3, -0.25) is 4.79 Å². The second-order valence-electron chi connectivity index (χ2n) is 4.95. The molecule has 3 aromatic rings. The number of carbonyl (C=O) groups is 1. The molecule has 0 bridgehead atoms. The number of fused-ring (bicyclic) bond motifs is 1. The van der Waals surface area contributed by atoms with Crippen LogP contribution >= 0.6 is 23.2 Å². The fourth-order valence-corrected chi connectivity index (χ4v) is 2.47. The van der Waals surface area contributed by atoms with E-state index in [1.54, 1.807) is 24.4 Å². The minimum absolute atomic E-state index is 0.217. The summed E-state index contributed by atoms with van der Waals surface area (Å²) in [4.78, 5) is 14.9. The number of nitrogens with one attached hydrogen (secondary N) is 2. The molecule has 1 heterocycles. The third kappa shape index (κ3) is 3.88. The number of H-pyrrole nitrogens is 1. The van der Waals surface area contributed by atoms with Gasteiger partial charge in [0.05, 0.1) is 11.2 Å². The number of carbonyl (C=O) groups excluding carboxylic acids is 1. The van der Waals surface area contributed by atoms with Crippen molar-refractivity contribution in [3.8, 4) is 5.75 Å². The fraction of sp³-hybridized carbons (Fsp3) is 0.0588. The van der Waals surface area contributed by atoms with Crippen molar-refractivity contribution in [2.75, 3.05) is 6.61 Å². The van der Waals surface area contributed by atoms with E-state index in [-0.39, 0.29) is 6.61 Å². The van der Waals surface area contributed by atoms with Gasteiger partial charge in [0.25, 0.3) is 5.91 Å². The Bertz CT molecular complexity index is 906. The number of rotatable bonds is 5. The minimum Gasteiger partial charge on any atom is -0.482 e. The van der Waals surface area contributed by atoms with E-state index in [0.717, 1.165) is 16.5 Å². The van der Waals surface area contributed by atoms with Crippen LogP contribution in [-0.2, 0) is 4.79 Å². The molecule has 1 amide bonds. The Kier molecular flexibility index (Phi) is 5.03. The Labute approximate surface area is 148 Å². The van der Waals surface area contributed by atoms with Crippen molar-refractivity contribution in [2.24, 2.45) is 5.10 Å². The number of amides is 1. The second-order valence-corrected chi connectivity index (χ2v) is 5.79. The molecule has 0 radical (unpaired) electrons. The van der Waals surface area contributed by atoms with Crippen LogP contribution in [0, 0.1) is 0 Å². The van der Waals surface area contributed by atoms with Gasteiger partial charge in [0.1, 0.15) is 5.75 Å². The molecule has 0 atom stereocenters. The lowest BCUT2D eigenvalue weighted by molar-refractivity contribution is -0.123. The van der Waals surface area contributed by atoms with Crippen LogP contribution in [0.1, 0.15) is 5.56 Å². The van der Waals surface area contributed by atoms with Crippen molar-refractivity contribution in [1.82, 2.24) is 10.4 Å². The average Bonchev–Trinajstić information content (AvgIpc) is 2.99. The lowest BCUT2D eigenvalue weighted by Crippen LogP contribution is -2.24. The molecule has 2 N–H and O–H groups in total. The lowest BCUT2D eigenvalue weighted by atomic mass is 10.2. The Morgan fingerprint density at radius 1 is 1.25 bits per heavy atom. The van der Waals surface area contributed by atoms with Crippen molar-refractivity contribution < 1.29 is 9.53 Å². The highest BCUT2D eigenvalue weighted by Gasteiger charge is 2.06. The van der Waals surface area contributed by atoms with E-state index >= 15 is 0 Å². The van der Waals surface area contributed by atoms with E-state index in [0.29, 0.717) is 15.8 Å². The second kappa shape index (κ2) is 7.38. The Balaban J connectivity index is 1.56. The van der Waals surface area contributed by atoms with Gasteiger partial charge in [0.2, 0.25) is 0 Å². The third-order valence-electron chi connectivity index (χ3n) is 3.27. The minimum atomic E-state index is -0.401. The predicted molar refractivity (Wildman–Crippen MR) is 96.0 cm³/mol. The molecule has 0 unspecified atom stereocenters. The summed E-state index contributed by atoms with van der Waals surface area (Å²) >= 11 is 11.8. The molecule has 7 heteroatoms. The predicted octanol–water partition coefficient (Wildman–Crippen LogP) is 4.00. The zero-order valence-electron chi connectivity index (χ0n) is 12.4. The van der Waals surface area contributed by atoms with Crippen LogP contribution in [-0.4, -0.2) is 23.7 Å². The number of ether oxygens (including phenoxy) is 1. The molecule has 0 aliphatic rings. The molecule has 0 aliphatic heterocycles. The number of aromatic amines is 1. The van der Waals surface area contributed by atoms with Crippen LogP contribution < -0.4 is 10.2 Å². The van der Waals surface area contributed by atoms with Gasteiger partial charge >= 0.3 is 0 Å². The molecule has 0 aliphatic carbocycles. The molecule has 0 fully saturated rings. The maximum atomic E-state index is 11.8. The molecule has 2 aromatic carbocycles. The van der Waals surface area contributed by atoms with E-state index < -0.39 is 5.91 Å². The van der Waals surface area contributed by atoms with Crippen LogP contribution in [0.2, 0.25) is 10.0 Å². The maximum Gasteiger partial charge on any atom is 0.277 e. The van der Waals surface area contributed by atoms with Crippen LogP contribution in [0.4, 0.5) is 0 Å². The number of nitrogens with zero attached hydrogens (tertiary/aromatic N) is 1. The molecule has 1 aromatic heterocycles. The van der Waals surface area contributed by atoms with Gasteiger partial charge in [-0.25, -0.2) is 5.43 Å². The van der Waals surface area contributed by atoms with E-state index in [1.165, 1.54) is 0 Å². The highest BCUT2D eigenvalue weighted by atomic mass is 35.5.